The highest BCUT2D eigenvalue weighted by Gasteiger charge is 2.18. The molecule has 1 aliphatic heterocycles. The predicted octanol–water partition coefficient (Wildman–Crippen LogP) is 3.58. The molecule has 0 saturated carbocycles. The SMILES string of the molecule is COc1cc(Br)c(CN2CCCN(Cc3ccc(S(C)(=O)=O)cc3)CC2)cc1OC. The number of ether oxygens (including phenoxy) is 2. The van der Waals surface area contributed by atoms with Crippen LogP contribution in [0.3, 0.4) is 0 Å². The van der Waals surface area contributed by atoms with Crippen LogP contribution in [0, 0.1) is 0 Å². The molecule has 1 aliphatic rings. The highest BCUT2D eigenvalue weighted by atomic mass is 79.9. The summed E-state index contributed by atoms with van der Waals surface area (Å²) in [5.74, 6) is 1.46. The highest BCUT2D eigenvalue weighted by Crippen LogP contribution is 2.34. The summed E-state index contributed by atoms with van der Waals surface area (Å²) in [4.78, 5) is 5.26. The van der Waals surface area contributed by atoms with Crippen molar-refractivity contribution >= 4 is 25.8 Å². The first-order valence-electron chi connectivity index (χ1n) is 9.94. The molecule has 0 spiro atoms. The van der Waals surface area contributed by atoms with Gasteiger partial charge in [-0.15, -0.1) is 0 Å². The van der Waals surface area contributed by atoms with E-state index in [1.54, 1.807) is 26.4 Å². The van der Waals surface area contributed by atoms with Crippen LogP contribution in [-0.4, -0.2) is 64.9 Å². The molecule has 1 saturated heterocycles. The molecule has 0 aliphatic carbocycles. The second-order valence-corrected chi connectivity index (χ2v) is 10.5. The van der Waals surface area contributed by atoms with Crippen LogP contribution in [0.2, 0.25) is 0 Å². The maximum atomic E-state index is 11.6. The second kappa shape index (κ2) is 10.1. The summed E-state index contributed by atoms with van der Waals surface area (Å²) in [5, 5.41) is 0. The average molecular weight is 497 g/mol. The van der Waals surface area contributed by atoms with Gasteiger partial charge in [-0.05, 0) is 54.9 Å². The smallest absolute Gasteiger partial charge is 0.175 e. The third-order valence-corrected chi connectivity index (χ3v) is 7.25. The van der Waals surface area contributed by atoms with E-state index in [4.69, 9.17) is 9.47 Å². The van der Waals surface area contributed by atoms with Crippen LogP contribution in [-0.2, 0) is 22.9 Å². The van der Waals surface area contributed by atoms with Crippen molar-refractivity contribution in [1.29, 1.82) is 0 Å². The molecule has 8 heteroatoms. The van der Waals surface area contributed by atoms with E-state index in [-0.39, 0.29) is 0 Å². The molecule has 0 bridgehead atoms. The van der Waals surface area contributed by atoms with E-state index in [0.29, 0.717) is 4.90 Å². The largest absolute Gasteiger partial charge is 0.493 e. The number of hydrogen-bond donors (Lipinski definition) is 0. The molecule has 0 unspecified atom stereocenters. The van der Waals surface area contributed by atoms with Gasteiger partial charge in [0.2, 0.25) is 0 Å². The molecule has 0 radical (unpaired) electrons. The lowest BCUT2D eigenvalue weighted by Gasteiger charge is -2.23. The molecule has 2 aromatic carbocycles. The van der Waals surface area contributed by atoms with Gasteiger partial charge in [0.05, 0.1) is 19.1 Å². The van der Waals surface area contributed by atoms with Gasteiger partial charge in [-0.1, -0.05) is 28.1 Å². The number of methoxy groups -OCH3 is 2. The van der Waals surface area contributed by atoms with Gasteiger partial charge in [-0.2, -0.15) is 0 Å². The Labute approximate surface area is 187 Å². The third kappa shape index (κ3) is 5.97. The minimum atomic E-state index is -3.15. The second-order valence-electron chi connectivity index (χ2n) is 7.62. The summed E-state index contributed by atoms with van der Waals surface area (Å²) in [7, 11) is 0.146. The van der Waals surface area contributed by atoms with Crippen LogP contribution in [0.1, 0.15) is 17.5 Å². The number of rotatable bonds is 7. The van der Waals surface area contributed by atoms with Crippen molar-refractivity contribution in [3.05, 3.63) is 52.0 Å². The van der Waals surface area contributed by atoms with Crippen molar-refractivity contribution in [2.45, 2.75) is 24.4 Å². The first kappa shape index (κ1) is 23.1. The average Bonchev–Trinajstić information content (AvgIpc) is 2.94. The molecule has 0 aromatic heterocycles. The summed E-state index contributed by atoms with van der Waals surface area (Å²) in [5.41, 5.74) is 2.32. The van der Waals surface area contributed by atoms with E-state index in [9.17, 15) is 8.42 Å². The molecule has 0 atom stereocenters. The van der Waals surface area contributed by atoms with Gasteiger partial charge in [0, 0.05) is 36.9 Å². The van der Waals surface area contributed by atoms with Gasteiger partial charge in [0.25, 0.3) is 0 Å². The lowest BCUT2D eigenvalue weighted by Crippen LogP contribution is -2.30. The Hall–Kier alpha value is -1.61. The zero-order valence-corrected chi connectivity index (χ0v) is 20.1. The number of nitrogens with zero attached hydrogens (tertiary/aromatic N) is 2. The summed E-state index contributed by atoms with van der Waals surface area (Å²) in [6.07, 6.45) is 2.33. The Morgan fingerprint density at radius 3 is 2.03 bits per heavy atom. The maximum absolute atomic E-state index is 11.6. The first-order chi connectivity index (χ1) is 14.3. The fourth-order valence-corrected chi connectivity index (χ4v) is 4.78. The summed E-state index contributed by atoms with van der Waals surface area (Å²) in [6.45, 7) is 5.68. The van der Waals surface area contributed by atoms with E-state index >= 15 is 0 Å². The number of sulfone groups is 1. The Morgan fingerprint density at radius 1 is 0.900 bits per heavy atom. The van der Waals surface area contributed by atoms with Crippen LogP contribution in [0.4, 0.5) is 0 Å². The lowest BCUT2D eigenvalue weighted by atomic mass is 10.2. The Bertz CT molecular complexity index is 964. The zero-order chi connectivity index (χ0) is 21.7. The molecule has 30 heavy (non-hydrogen) atoms. The van der Waals surface area contributed by atoms with Crippen molar-refractivity contribution < 1.29 is 17.9 Å². The first-order valence-corrected chi connectivity index (χ1v) is 12.6. The van der Waals surface area contributed by atoms with Crippen molar-refractivity contribution in [2.75, 3.05) is 46.7 Å². The summed E-state index contributed by atoms with van der Waals surface area (Å²) >= 11 is 3.66. The van der Waals surface area contributed by atoms with Crippen molar-refractivity contribution in [1.82, 2.24) is 9.80 Å². The molecule has 0 amide bonds. The van der Waals surface area contributed by atoms with E-state index in [1.807, 2.05) is 24.3 Å². The molecule has 1 heterocycles. The van der Waals surface area contributed by atoms with E-state index in [0.717, 1.165) is 67.2 Å². The minimum absolute atomic E-state index is 0.369. The van der Waals surface area contributed by atoms with E-state index in [2.05, 4.69) is 25.7 Å². The summed E-state index contributed by atoms with van der Waals surface area (Å²) < 4.78 is 35.1. The van der Waals surface area contributed by atoms with Gasteiger partial charge in [0.15, 0.2) is 21.3 Å². The zero-order valence-electron chi connectivity index (χ0n) is 17.7. The quantitative estimate of drug-likeness (QED) is 0.583. The fourth-order valence-electron chi connectivity index (χ4n) is 3.70. The minimum Gasteiger partial charge on any atom is -0.493 e. The molecule has 6 nitrogen and oxygen atoms in total. The van der Waals surface area contributed by atoms with E-state index < -0.39 is 9.84 Å². The molecule has 3 rings (SSSR count). The number of benzene rings is 2. The Morgan fingerprint density at radius 2 is 1.47 bits per heavy atom. The molecular weight excluding hydrogens is 468 g/mol. The standard InChI is InChI=1S/C22H29BrN2O4S/c1-28-21-13-18(20(23)14-22(21)29-2)16-25-10-4-9-24(11-12-25)15-17-5-7-19(8-6-17)30(3,26)27/h5-8,13-14H,4,9-12,15-16H2,1-3H3. The molecule has 164 valence electrons. The third-order valence-electron chi connectivity index (χ3n) is 5.39. The van der Waals surface area contributed by atoms with Crippen molar-refractivity contribution in [2.24, 2.45) is 0 Å². The van der Waals surface area contributed by atoms with Gasteiger partial charge in [-0.25, -0.2) is 8.42 Å². The van der Waals surface area contributed by atoms with Crippen LogP contribution >= 0.6 is 15.9 Å². The van der Waals surface area contributed by atoms with Gasteiger partial charge in [-0.3, -0.25) is 9.80 Å². The maximum Gasteiger partial charge on any atom is 0.175 e. The molecule has 2 aromatic rings. The van der Waals surface area contributed by atoms with Crippen molar-refractivity contribution in [3.63, 3.8) is 0 Å². The van der Waals surface area contributed by atoms with Crippen LogP contribution < -0.4 is 9.47 Å². The van der Waals surface area contributed by atoms with Crippen molar-refractivity contribution in [3.8, 4) is 11.5 Å². The van der Waals surface area contributed by atoms with Gasteiger partial charge in [0.1, 0.15) is 0 Å². The van der Waals surface area contributed by atoms with Gasteiger partial charge >= 0.3 is 0 Å². The van der Waals surface area contributed by atoms with Gasteiger partial charge < -0.3 is 9.47 Å². The normalized spacial score (nSPS) is 16.3. The van der Waals surface area contributed by atoms with Crippen LogP contribution in [0.25, 0.3) is 0 Å². The number of halogens is 1. The summed E-state index contributed by atoms with van der Waals surface area (Å²) in [6, 6.07) is 11.2. The molecule has 1 fully saturated rings. The highest BCUT2D eigenvalue weighted by molar-refractivity contribution is 9.10. The Kier molecular flexibility index (Phi) is 7.79. The van der Waals surface area contributed by atoms with Crippen LogP contribution in [0.15, 0.2) is 45.8 Å². The fraction of sp³-hybridized carbons (Fsp3) is 0.455. The molecule has 0 N–H and O–H groups in total. The Balaban J connectivity index is 1.60. The topological polar surface area (TPSA) is 59.1 Å². The monoisotopic (exact) mass is 496 g/mol. The van der Waals surface area contributed by atoms with E-state index in [1.165, 1.54) is 11.8 Å². The predicted molar refractivity (Wildman–Crippen MR) is 122 cm³/mol. The lowest BCUT2D eigenvalue weighted by molar-refractivity contribution is 0.246. The number of hydrogen-bond acceptors (Lipinski definition) is 6. The van der Waals surface area contributed by atoms with Crippen LogP contribution in [0.5, 0.6) is 11.5 Å². The molecular formula is C22H29BrN2O4S.